The van der Waals surface area contributed by atoms with Crippen LogP contribution in [0.25, 0.3) is 0 Å². The van der Waals surface area contributed by atoms with Gasteiger partial charge in [-0.3, -0.25) is 4.79 Å². The van der Waals surface area contributed by atoms with E-state index in [-0.39, 0.29) is 11.4 Å². The van der Waals surface area contributed by atoms with Crippen molar-refractivity contribution in [2.75, 3.05) is 6.54 Å². The fraction of sp³-hybridized carbons (Fsp3) is 0.235. The monoisotopic (exact) mass is 429 g/mol. The van der Waals surface area contributed by atoms with Gasteiger partial charge in [-0.15, -0.1) is 0 Å². The number of nitrogens with two attached hydrogens (primary N) is 1. The second kappa shape index (κ2) is 8.78. The average molecular weight is 429 g/mol. The van der Waals surface area contributed by atoms with Crippen LogP contribution in [0, 0.1) is 5.82 Å². The maximum absolute atomic E-state index is 13.7. The quantitative estimate of drug-likeness (QED) is 0.561. The number of hydrogen-bond acceptors (Lipinski definition) is 5. The summed E-state index contributed by atoms with van der Waals surface area (Å²) in [6.45, 7) is 1.54. The third kappa shape index (κ3) is 5.83. The molecule has 0 fully saturated rings. The van der Waals surface area contributed by atoms with Gasteiger partial charge in [0.1, 0.15) is 10.7 Å². The predicted molar refractivity (Wildman–Crippen MR) is 101 cm³/mol. The molecule has 0 radical (unpaired) electrons. The van der Waals surface area contributed by atoms with E-state index in [0.717, 1.165) is 17.7 Å². The largest absolute Gasteiger partial charge is 0.354 e. The molecule has 0 saturated carbocycles. The first-order chi connectivity index (χ1) is 13.0. The van der Waals surface area contributed by atoms with Gasteiger partial charge in [0.25, 0.3) is 0 Å². The lowest BCUT2D eigenvalue weighted by molar-refractivity contribution is -0.122. The molecule has 0 unspecified atom stereocenters. The molecule has 0 aliphatic carbocycles. The SMILES string of the molecule is C[C@H](NS(=O)(=O)c1ccccc1F)C(=O)NCCc1ccc(S(N)(=O)=O)cc1. The summed E-state index contributed by atoms with van der Waals surface area (Å²) in [5.41, 5.74) is 0.757. The van der Waals surface area contributed by atoms with E-state index in [2.05, 4.69) is 10.0 Å². The topological polar surface area (TPSA) is 135 Å². The van der Waals surface area contributed by atoms with E-state index in [0.29, 0.717) is 6.42 Å². The van der Waals surface area contributed by atoms with Crippen molar-refractivity contribution < 1.29 is 26.0 Å². The van der Waals surface area contributed by atoms with Crippen LogP contribution >= 0.6 is 0 Å². The number of hydrogen-bond donors (Lipinski definition) is 3. The van der Waals surface area contributed by atoms with Gasteiger partial charge < -0.3 is 5.32 Å². The number of carbonyl (C=O) groups is 1. The number of primary sulfonamides is 1. The van der Waals surface area contributed by atoms with E-state index in [1.54, 1.807) is 12.1 Å². The minimum Gasteiger partial charge on any atom is -0.354 e. The Hall–Kier alpha value is -2.34. The Morgan fingerprint density at radius 1 is 1.07 bits per heavy atom. The van der Waals surface area contributed by atoms with Crippen LogP contribution in [0.2, 0.25) is 0 Å². The summed E-state index contributed by atoms with van der Waals surface area (Å²) in [7, 11) is -7.96. The molecule has 0 heterocycles. The summed E-state index contributed by atoms with van der Waals surface area (Å²) in [6.07, 6.45) is 0.392. The van der Waals surface area contributed by atoms with Crippen molar-refractivity contribution >= 4 is 26.0 Å². The zero-order valence-corrected chi connectivity index (χ0v) is 16.6. The average Bonchev–Trinajstić information content (AvgIpc) is 2.61. The van der Waals surface area contributed by atoms with E-state index in [1.165, 1.54) is 31.2 Å². The van der Waals surface area contributed by atoms with Crippen molar-refractivity contribution in [3.05, 3.63) is 59.9 Å². The van der Waals surface area contributed by atoms with Crippen LogP contribution in [0.5, 0.6) is 0 Å². The molecule has 2 aromatic carbocycles. The van der Waals surface area contributed by atoms with Gasteiger partial charge in [-0.2, -0.15) is 4.72 Å². The highest BCUT2D eigenvalue weighted by Crippen LogP contribution is 2.13. The lowest BCUT2D eigenvalue weighted by Crippen LogP contribution is -2.45. The van der Waals surface area contributed by atoms with E-state index >= 15 is 0 Å². The molecule has 8 nitrogen and oxygen atoms in total. The number of benzene rings is 2. The third-order valence-corrected chi connectivity index (χ3v) is 6.32. The van der Waals surface area contributed by atoms with Crippen LogP contribution in [0.15, 0.2) is 58.3 Å². The first-order valence-electron chi connectivity index (χ1n) is 8.17. The minimum atomic E-state index is -4.19. The Labute approximate surface area is 163 Å². The molecule has 152 valence electrons. The number of carbonyl (C=O) groups excluding carboxylic acids is 1. The Balaban J connectivity index is 1.90. The predicted octanol–water partition coefficient (Wildman–Crippen LogP) is 0.499. The van der Waals surface area contributed by atoms with Crippen LogP contribution < -0.4 is 15.2 Å². The summed E-state index contributed by atoms with van der Waals surface area (Å²) >= 11 is 0. The van der Waals surface area contributed by atoms with Gasteiger partial charge >= 0.3 is 0 Å². The molecule has 0 aliphatic heterocycles. The molecular weight excluding hydrogens is 409 g/mol. The van der Waals surface area contributed by atoms with Crippen molar-refractivity contribution in [1.82, 2.24) is 10.0 Å². The van der Waals surface area contributed by atoms with E-state index in [1.807, 2.05) is 0 Å². The zero-order valence-electron chi connectivity index (χ0n) is 14.9. The highest BCUT2D eigenvalue weighted by molar-refractivity contribution is 7.89. The molecule has 2 rings (SSSR count). The normalized spacial score (nSPS) is 13.1. The molecule has 0 bridgehead atoms. The van der Waals surface area contributed by atoms with Gasteiger partial charge in [-0.1, -0.05) is 24.3 Å². The van der Waals surface area contributed by atoms with Crippen LogP contribution in [-0.2, 0) is 31.3 Å². The van der Waals surface area contributed by atoms with Crippen molar-refractivity contribution in [3.8, 4) is 0 Å². The molecule has 0 aliphatic rings. The summed E-state index contributed by atoms with van der Waals surface area (Å²) in [6, 6.07) is 9.59. The molecule has 0 spiro atoms. The van der Waals surface area contributed by atoms with E-state index in [9.17, 15) is 26.0 Å². The first kappa shape index (κ1) is 22.0. The Morgan fingerprint density at radius 2 is 1.68 bits per heavy atom. The maximum atomic E-state index is 13.7. The third-order valence-electron chi connectivity index (χ3n) is 3.82. The van der Waals surface area contributed by atoms with Crippen molar-refractivity contribution in [1.29, 1.82) is 0 Å². The number of amides is 1. The zero-order chi connectivity index (χ0) is 20.9. The molecule has 28 heavy (non-hydrogen) atoms. The molecule has 0 saturated heterocycles. The second-order valence-corrected chi connectivity index (χ2v) is 9.25. The van der Waals surface area contributed by atoms with Gasteiger partial charge in [0.15, 0.2) is 0 Å². The molecule has 4 N–H and O–H groups in total. The molecule has 1 amide bonds. The molecule has 2 aromatic rings. The molecule has 1 atom stereocenters. The summed E-state index contributed by atoms with van der Waals surface area (Å²) in [4.78, 5) is 11.5. The van der Waals surface area contributed by atoms with Crippen LogP contribution in [0.1, 0.15) is 12.5 Å². The lowest BCUT2D eigenvalue weighted by atomic mass is 10.1. The Kier molecular flexibility index (Phi) is 6.88. The van der Waals surface area contributed by atoms with Crippen molar-refractivity contribution in [2.45, 2.75) is 29.2 Å². The Bertz CT molecular complexity index is 1050. The number of halogens is 1. The minimum absolute atomic E-state index is 0.0172. The number of nitrogens with one attached hydrogen (secondary N) is 2. The number of rotatable bonds is 8. The summed E-state index contributed by atoms with van der Waals surface area (Å²) in [5.74, 6) is -1.49. The van der Waals surface area contributed by atoms with Gasteiger partial charge in [-0.25, -0.2) is 26.4 Å². The highest BCUT2D eigenvalue weighted by atomic mass is 32.2. The fourth-order valence-corrected chi connectivity index (χ4v) is 4.14. The standard InChI is InChI=1S/C17H20FN3O5S2/c1-12(21-28(25,26)16-5-3-2-4-15(16)18)17(22)20-11-10-13-6-8-14(9-7-13)27(19,23)24/h2-9,12,21H,10-11H2,1H3,(H,20,22)(H2,19,23,24)/t12-/m0/s1. The van der Waals surface area contributed by atoms with Gasteiger partial charge in [0.2, 0.25) is 26.0 Å². The van der Waals surface area contributed by atoms with Crippen LogP contribution in [0.3, 0.4) is 0 Å². The van der Waals surface area contributed by atoms with E-state index < -0.39 is 42.7 Å². The molecule has 11 heteroatoms. The smallest absolute Gasteiger partial charge is 0.244 e. The second-order valence-electron chi connectivity index (χ2n) is 6.00. The van der Waals surface area contributed by atoms with E-state index in [4.69, 9.17) is 5.14 Å². The fourth-order valence-electron chi connectivity index (χ4n) is 2.34. The van der Waals surface area contributed by atoms with Crippen molar-refractivity contribution in [3.63, 3.8) is 0 Å². The van der Waals surface area contributed by atoms with Gasteiger partial charge in [0, 0.05) is 6.54 Å². The summed E-state index contributed by atoms with van der Waals surface area (Å²) in [5, 5.41) is 7.58. The maximum Gasteiger partial charge on any atom is 0.244 e. The van der Waals surface area contributed by atoms with Gasteiger partial charge in [-0.05, 0) is 43.2 Å². The van der Waals surface area contributed by atoms with Crippen LogP contribution in [-0.4, -0.2) is 35.3 Å². The lowest BCUT2D eigenvalue weighted by Gasteiger charge is -2.15. The number of sulfonamides is 2. The highest BCUT2D eigenvalue weighted by Gasteiger charge is 2.24. The van der Waals surface area contributed by atoms with Crippen molar-refractivity contribution in [2.24, 2.45) is 5.14 Å². The van der Waals surface area contributed by atoms with Gasteiger partial charge in [0.05, 0.1) is 10.9 Å². The first-order valence-corrected chi connectivity index (χ1v) is 11.2. The van der Waals surface area contributed by atoms with Crippen LogP contribution in [0.4, 0.5) is 4.39 Å². The molecular formula is C17H20FN3O5S2. The summed E-state index contributed by atoms with van der Waals surface area (Å²) < 4.78 is 62.6. The Morgan fingerprint density at radius 3 is 2.25 bits per heavy atom. The molecule has 0 aromatic heterocycles.